The summed E-state index contributed by atoms with van der Waals surface area (Å²) in [5, 5.41) is 0. The maximum Gasteiger partial charge on any atom is 0.417 e. The van der Waals surface area contributed by atoms with Gasteiger partial charge in [-0.1, -0.05) is 24.3 Å². The van der Waals surface area contributed by atoms with E-state index in [9.17, 15) is 18.0 Å². The molecule has 1 heterocycles. The summed E-state index contributed by atoms with van der Waals surface area (Å²) in [6, 6.07) is 9.21. The average molecular weight is 322 g/mol. The van der Waals surface area contributed by atoms with Crippen LogP contribution in [0.25, 0.3) is 0 Å². The predicted octanol–water partition coefficient (Wildman–Crippen LogP) is -2.66. The first-order chi connectivity index (χ1) is 8.50. The molecule has 7 heteroatoms. The maximum absolute atomic E-state index is 12.8. The Hall–Kier alpha value is -1.59. The van der Waals surface area contributed by atoms with Crippen LogP contribution in [0.15, 0.2) is 48.7 Å². The molecular formula is C13H8Cl2F3NO-2. The SMILES string of the molecule is O=C(c1ccccn1)c1ccccc1C(F)(F)F.[Cl-].[Cl-]. The first-order valence-corrected chi connectivity index (χ1v) is 5.12. The van der Waals surface area contributed by atoms with E-state index in [2.05, 4.69) is 4.98 Å². The molecule has 0 fully saturated rings. The number of hydrogen-bond donors (Lipinski definition) is 0. The van der Waals surface area contributed by atoms with Crippen LogP contribution in [-0.2, 0) is 6.18 Å². The molecule has 0 saturated heterocycles. The molecule has 0 N–H and O–H groups in total. The number of ketones is 1. The van der Waals surface area contributed by atoms with Gasteiger partial charge >= 0.3 is 6.18 Å². The summed E-state index contributed by atoms with van der Waals surface area (Å²) in [5.74, 6) is -0.733. The molecule has 0 aliphatic carbocycles. The normalized spacial score (nSPS) is 10.2. The number of rotatable bonds is 2. The van der Waals surface area contributed by atoms with Crippen LogP contribution in [0.5, 0.6) is 0 Å². The van der Waals surface area contributed by atoms with E-state index >= 15 is 0 Å². The van der Waals surface area contributed by atoms with E-state index in [0.29, 0.717) is 0 Å². The van der Waals surface area contributed by atoms with E-state index in [1.54, 1.807) is 12.1 Å². The molecular weight excluding hydrogens is 314 g/mol. The van der Waals surface area contributed by atoms with Gasteiger partial charge in [-0.3, -0.25) is 9.78 Å². The van der Waals surface area contributed by atoms with Gasteiger partial charge in [0.15, 0.2) is 0 Å². The first kappa shape index (κ1) is 18.4. The zero-order chi connectivity index (χ0) is 13.2. The van der Waals surface area contributed by atoms with E-state index in [-0.39, 0.29) is 36.1 Å². The Morgan fingerprint density at radius 3 is 2.10 bits per heavy atom. The van der Waals surface area contributed by atoms with Crippen LogP contribution in [0.2, 0.25) is 0 Å². The zero-order valence-corrected chi connectivity index (χ0v) is 11.4. The molecule has 0 spiro atoms. The summed E-state index contributed by atoms with van der Waals surface area (Å²) in [6.45, 7) is 0. The van der Waals surface area contributed by atoms with Gasteiger partial charge in [0.25, 0.3) is 0 Å². The molecule has 0 radical (unpaired) electrons. The van der Waals surface area contributed by atoms with Crippen LogP contribution in [0.4, 0.5) is 13.2 Å². The molecule has 0 amide bonds. The van der Waals surface area contributed by atoms with Gasteiger partial charge in [-0.05, 0) is 18.2 Å². The Balaban J connectivity index is 0.00000180. The number of carbonyl (C=O) groups is 1. The van der Waals surface area contributed by atoms with Gasteiger partial charge in [-0.15, -0.1) is 0 Å². The number of carbonyl (C=O) groups excluding carboxylic acids is 1. The molecule has 0 aliphatic rings. The van der Waals surface area contributed by atoms with E-state index in [4.69, 9.17) is 0 Å². The Labute approximate surface area is 125 Å². The number of aromatic nitrogens is 1. The van der Waals surface area contributed by atoms with E-state index in [0.717, 1.165) is 12.1 Å². The molecule has 0 atom stereocenters. The van der Waals surface area contributed by atoms with Crippen molar-refractivity contribution in [3.63, 3.8) is 0 Å². The van der Waals surface area contributed by atoms with Crippen molar-refractivity contribution in [1.82, 2.24) is 4.98 Å². The average Bonchev–Trinajstić information content (AvgIpc) is 2.38. The third kappa shape index (κ3) is 3.95. The quantitative estimate of drug-likeness (QED) is 0.565. The summed E-state index contributed by atoms with van der Waals surface area (Å²) in [4.78, 5) is 15.7. The van der Waals surface area contributed by atoms with Gasteiger partial charge in [0.05, 0.1) is 5.56 Å². The van der Waals surface area contributed by atoms with Gasteiger partial charge in [0.1, 0.15) is 5.69 Å². The van der Waals surface area contributed by atoms with Gasteiger partial charge in [0.2, 0.25) is 5.78 Å². The van der Waals surface area contributed by atoms with Crippen LogP contribution < -0.4 is 24.8 Å². The third-order valence-corrected chi connectivity index (χ3v) is 2.37. The topological polar surface area (TPSA) is 30.0 Å². The largest absolute Gasteiger partial charge is 1.00 e. The van der Waals surface area contributed by atoms with Crippen molar-refractivity contribution in [3.05, 3.63) is 65.5 Å². The molecule has 20 heavy (non-hydrogen) atoms. The summed E-state index contributed by atoms with van der Waals surface area (Å²) in [5.41, 5.74) is -1.33. The van der Waals surface area contributed by atoms with Crippen molar-refractivity contribution in [2.45, 2.75) is 6.18 Å². The lowest BCUT2D eigenvalue weighted by Crippen LogP contribution is -3.00. The highest BCUT2D eigenvalue weighted by Gasteiger charge is 2.35. The zero-order valence-electron chi connectivity index (χ0n) is 9.86. The molecule has 2 rings (SSSR count). The van der Waals surface area contributed by atoms with Crippen molar-refractivity contribution in [2.75, 3.05) is 0 Å². The summed E-state index contributed by atoms with van der Waals surface area (Å²) < 4.78 is 38.3. The van der Waals surface area contributed by atoms with Crippen molar-refractivity contribution >= 4 is 5.78 Å². The fourth-order valence-corrected chi connectivity index (χ4v) is 1.56. The molecule has 2 aromatic rings. The van der Waals surface area contributed by atoms with Crippen LogP contribution >= 0.6 is 0 Å². The van der Waals surface area contributed by atoms with Crippen LogP contribution in [0, 0.1) is 0 Å². The lowest BCUT2D eigenvalue weighted by atomic mass is 10.0. The van der Waals surface area contributed by atoms with Gasteiger partial charge in [-0.25, -0.2) is 0 Å². The molecule has 0 bridgehead atoms. The number of halogens is 5. The molecule has 2 nitrogen and oxygen atoms in total. The Morgan fingerprint density at radius 2 is 1.55 bits per heavy atom. The fraction of sp³-hybridized carbons (Fsp3) is 0.0769. The van der Waals surface area contributed by atoms with E-state index in [1.165, 1.54) is 24.4 Å². The highest BCUT2D eigenvalue weighted by Crippen LogP contribution is 2.32. The van der Waals surface area contributed by atoms with E-state index in [1.807, 2.05) is 0 Å². The van der Waals surface area contributed by atoms with Crippen LogP contribution in [-0.4, -0.2) is 10.8 Å². The maximum atomic E-state index is 12.8. The molecule has 108 valence electrons. The smallest absolute Gasteiger partial charge is 0.417 e. The fourth-order valence-electron chi connectivity index (χ4n) is 1.56. The molecule has 1 aromatic carbocycles. The molecule has 0 saturated carbocycles. The van der Waals surface area contributed by atoms with Crippen LogP contribution in [0.3, 0.4) is 0 Å². The number of pyridine rings is 1. The summed E-state index contributed by atoms with van der Waals surface area (Å²) in [6.07, 6.45) is -3.19. The summed E-state index contributed by atoms with van der Waals surface area (Å²) in [7, 11) is 0. The van der Waals surface area contributed by atoms with Gasteiger partial charge < -0.3 is 24.8 Å². The lowest BCUT2D eigenvalue weighted by Gasteiger charge is -2.11. The van der Waals surface area contributed by atoms with Crippen molar-refractivity contribution in [2.24, 2.45) is 0 Å². The van der Waals surface area contributed by atoms with Crippen molar-refractivity contribution < 1.29 is 42.8 Å². The van der Waals surface area contributed by atoms with Crippen LogP contribution in [0.1, 0.15) is 21.6 Å². The minimum Gasteiger partial charge on any atom is -1.00 e. The second-order valence-electron chi connectivity index (χ2n) is 3.59. The highest BCUT2D eigenvalue weighted by atomic mass is 35.5. The standard InChI is InChI=1S/C13H8F3NO.2ClH/c14-13(15,16)10-6-2-1-5-9(10)12(18)11-7-3-4-8-17-11;;/h1-8H;2*1H/p-2. The third-order valence-electron chi connectivity index (χ3n) is 2.37. The number of benzene rings is 1. The Morgan fingerprint density at radius 1 is 0.950 bits per heavy atom. The minimum absolute atomic E-state index is 0. The number of hydrogen-bond acceptors (Lipinski definition) is 2. The first-order valence-electron chi connectivity index (χ1n) is 5.12. The molecule has 1 aromatic heterocycles. The molecule has 0 aliphatic heterocycles. The molecule has 0 unspecified atom stereocenters. The minimum atomic E-state index is -4.55. The predicted molar refractivity (Wildman–Crippen MR) is 59.1 cm³/mol. The number of nitrogens with zero attached hydrogens (tertiary/aromatic N) is 1. The van der Waals surface area contributed by atoms with E-state index < -0.39 is 17.5 Å². The highest BCUT2D eigenvalue weighted by molar-refractivity contribution is 6.08. The number of alkyl halides is 3. The van der Waals surface area contributed by atoms with Crippen molar-refractivity contribution in [1.29, 1.82) is 0 Å². The van der Waals surface area contributed by atoms with Gasteiger partial charge in [-0.2, -0.15) is 13.2 Å². The second-order valence-corrected chi connectivity index (χ2v) is 3.59. The Kier molecular flexibility index (Phi) is 6.68. The van der Waals surface area contributed by atoms with Crippen molar-refractivity contribution in [3.8, 4) is 0 Å². The monoisotopic (exact) mass is 321 g/mol. The Bertz CT molecular complexity index is 573. The summed E-state index contributed by atoms with van der Waals surface area (Å²) >= 11 is 0. The second kappa shape index (κ2) is 7.26. The lowest BCUT2D eigenvalue weighted by molar-refractivity contribution is -0.137. The van der Waals surface area contributed by atoms with Gasteiger partial charge in [0, 0.05) is 11.8 Å².